The first kappa shape index (κ1) is 33.7. The van der Waals surface area contributed by atoms with Crippen molar-refractivity contribution in [2.24, 2.45) is 0 Å². The topological polar surface area (TPSA) is 56.7 Å². The molecule has 0 fully saturated rings. The molecule has 0 radical (unpaired) electrons. The van der Waals surface area contributed by atoms with Crippen LogP contribution in [0, 0.1) is 13.8 Å². The predicted molar refractivity (Wildman–Crippen MR) is 225 cm³/mol. The minimum atomic E-state index is -0.0978. The Hall–Kier alpha value is -6.07. The lowest BCUT2D eigenvalue weighted by atomic mass is 9.81. The summed E-state index contributed by atoms with van der Waals surface area (Å²) in [6, 6.07) is 42.7. The van der Waals surface area contributed by atoms with Crippen LogP contribution in [-0.2, 0) is 10.8 Å². The molecule has 9 aromatic rings. The van der Waals surface area contributed by atoms with Crippen molar-refractivity contribution in [3.63, 3.8) is 0 Å². The molecule has 0 unspecified atom stereocenters. The zero-order valence-electron chi connectivity index (χ0n) is 32.2. The molecule has 3 aromatic heterocycles. The van der Waals surface area contributed by atoms with Crippen molar-refractivity contribution >= 4 is 43.7 Å². The Morgan fingerprint density at radius 2 is 1.02 bits per heavy atom. The number of nitrogens with zero attached hydrogens (tertiary/aromatic N) is 4. The fraction of sp³-hybridized carbons (Fsp3) is 0.204. The zero-order valence-corrected chi connectivity index (χ0v) is 32.2. The van der Waals surface area contributed by atoms with Crippen LogP contribution < -0.4 is 0 Å². The number of benzene rings is 6. The standard InChI is InChI=1S/C49H44N4O/c1-29-26-36-42-41(30(2)28-38(49(6,7)8)44(42)54-43(36)37(27-29)48(3,4)5)31-22-24-33(25-23-31)46-50-45(32-16-10-9-11-17-32)51-47(52-46)53-39-20-14-12-18-34(39)35-19-13-15-21-40(35)53/h9-28H,1-8H3. The smallest absolute Gasteiger partial charge is 0.238 e. The highest BCUT2D eigenvalue weighted by Crippen LogP contribution is 2.46. The fourth-order valence-corrected chi connectivity index (χ4v) is 8.05. The highest BCUT2D eigenvalue weighted by atomic mass is 16.3. The molecule has 5 nitrogen and oxygen atoms in total. The Bertz CT molecular complexity index is 2850. The Kier molecular flexibility index (Phi) is 7.65. The van der Waals surface area contributed by atoms with Crippen LogP contribution in [0.25, 0.3) is 83.6 Å². The molecular weight excluding hydrogens is 661 g/mol. The maximum Gasteiger partial charge on any atom is 0.238 e. The number of hydrogen-bond acceptors (Lipinski definition) is 4. The molecule has 9 rings (SSSR count). The van der Waals surface area contributed by atoms with E-state index < -0.39 is 0 Å². The van der Waals surface area contributed by atoms with Crippen molar-refractivity contribution in [3.05, 3.63) is 144 Å². The van der Waals surface area contributed by atoms with Crippen LogP contribution in [-0.4, -0.2) is 19.5 Å². The van der Waals surface area contributed by atoms with E-state index in [1.54, 1.807) is 0 Å². The van der Waals surface area contributed by atoms with Crippen LogP contribution in [0.5, 0.6) is 0 Å². The van der Waals surface area contributed by atoms with Gasteiger partial charge < -0.3 is 4.42 Å². The van der Waals surface area contributed by atoms with Crippen LogP contribution >= 0.6 is 0 Å². The monoisotopic (exact) mass is 704 g/mol. The van der Waals surface area contributed by atoms with Gasteiger partial charge in [0.25, 0.3) is 0 Å². The summed E-state index contributed by atoms with van der Waals surface area (Å²) in [5.41, 5.74) is 13.0. The van der Waals surface area contributed by atoms with Crippen molar-refractivity contribution in [3.8, 4) is 39.9 Å². The Balaban J connectivity index is 1.25. The summed E-state index contributed by atoms with van der Waals surface area (Å²) in [6.45, 7) is 18.0. The summed E-state index contributed by atoms with van der Waals surface area (Å²) in [6.07, 6.45) is 0. The molecule has 0 aliphatic heterocycles. The number of aryl methyl sites for hydroxylation is 2. The van der Waals surface area contributed by atoms with Crippen molar-refractivity contribution in [1.29, 1.82) is 0 Å². The summed E-state index contributed by atoms with van der Waals surface area (Å²) in [4.78, 5) is 15.4. The second kappa shape index (κ2) is 12.2. The summed E-state index contributed by atoms with van der Waals surface area (Å²) in [7, 11) is 0. The van der Waals surface area contributed by atoms with Gasteiger partial charge >= 0.3 is 0 Å². The fourth-order valence-electron chi connectivity index (χ4n) is 8.05. The minimum Gasteiger partial charge on any atom is -0.455 e. The molecule has 0 bridgehead atoms. The number of rotatable bonds is 4. The highest BCUT2D eigenvalue weighted by Gasteiger charge is 2.28. The number of para-hydroxylation sites is 2. The Labute approximate surface area is 316 Å². The summed E-state index contributed by atoms with van der Waals surface area (Å²) < 4.78 is 9.13. The second-order valence-corrected chi connectivity index (χ2v) is 16.7. The Morgan fingerprint density at radius 1 is 0.500 bits per heavy atom. The van der Waals surface area contributed by atoms with Gasteiger partial charge in [0, 0.05) is 43.8 Å². The third-order valence-corrected chi connectivity index (χ3v) is 10.7. The number of furan rings is 1. The molecule has 6 aromatic carbocycles. The van der Waals surface area contributed by atoms with E-state index in [1.807, 2.05) is 18.2 Å². The van der Waals surface area contributed by atoms with E-state index in [-0.39, 0.29) is 10.8 Å². The molecule has 0 spiro atoms. The zero-order chi connectivity index (χ0) is 37.5. The van der Waals surface area contributed by atoms with Crippen LogP contribution in [0.2, 0.25) is 0 Å². The van der Waals surface area contributed by atoms with Gasteiger partial charge in [-0.1, -0.05) is 145 Å². The predicted octanol–water partition coefficient (Wildman–Crippen LogP) is 13.1. The molecule has 0 aliphatic rings. The van der Waals surface area contributed by atoms with E-state index >= 15 is 0 Å². The van der Waals surface area contributed by atoms with Crippen molar-refractivity contribution in [1.82, 2.24) is 19.5 Å². The largest absolute Gasteiger partial charge is 0.455 e. The van der Waals surface area contributed by atoms with E-state index in [0.29, 0.717) is 17.6 Å². The number of fused-ring (bicyclic) bond motifs is 6. The average molecular weight is 705 g/mol. The molecule has 266 valence electrons. The summed E-state index contributed by atoms with van der Waals surface area (Å²) in [5, 5.41) is 4.67. The van der Waals surface area contributed by atoms with Gasteiger partial charge in [-0.3, -0.25) is 4.57 Å². The first-order valence-electron chi connectivity index (χ1n) is 18.8. The quantitative estimate of drug-likeness (QED) is 0.183. The molecule has 0 atom stereocenters. The van der Waals surface area contributed by atoms with E-state index in [0.717, 1.165) is 49.7 Å². The van der Waals surface area contributed by atoms with Crippen molar-refractivity contribution in [2.45, 2.75) is 66.2 Å². The molecule has 0 saturated carbocycles. The van der Waals surface area contributed by atoms with Gasteiger partial charge in [0.2, 0.25) is 5.95 Å². The van der Waals surface area contributed by atoms with Crippen molar-refractivity contribution in [2.75, 3.05) is 0 Å². The van der Waals surface area contributed by atoms with Crippen LogP contribution in [0.4, 0.5) is 0 Å². The molecule has 0 saturated heterocycles. The molecule has 0 aliphatic carbocycles. The molecule has 0 N–H and O–H groups in total. The van der Waals surface area contributed by atoms with Crippen molar-refractivity contribution < 1.29 is 4.42 Å². The third kappa shape index (κ3) is 5.49. The van der Waals surface area contributed by atoms with Gasteiger partial charge in [0.1, 0.15) is 11.2 Å². The molecule has 0 amide bonds. The first-order chi connectivity index (χ1) is 25.9. The molecule has 5 heteroatoms. The summed E-state index contributed by atoms with van der Waals surface area (Å²) >= 11 is 0. The number of aromatic nitrogens is 4. The van der Waals surface area contributed by atoms with E-state index in [2.05, 4.69) is 163 Å². The maximum atomic E-state index is 6.97. The average Bonchev–Trinajstić information content (AvgIpc) is 3.70. The molecular formula is C49H44N4O. The number of hydrogen-bond donors (Lipinski definition) is 0. The molecule has 3 heterocycles. The lowest BCUT2D eigenvalue weighted by molar-refractivity contribution is 0.556. The SMILES string of the molecule is Cc1cc(C(C)(C)C)c2oc3c(C(C)(C)C)cc(C)c(-c4ccc(-c5nc(-c6ccccc6)nc(-n6c7ccccc7c7ccccc76)n5)cc4)c3c2c1. The first-order valence-corrected chi connectivity index (χ1v) is 18.8. The van der Waals surface area contributed by atoms with E-state index in [1.165, 1.54) is 38.6 Å². The lowest BCUT2D eigenvalue weighted by Crippen LogP contribution is -2.12. The minimum absolute atomic E-state index is 0.0713. The third-order valence-electron chi connectivity index (χ3n) is 10.7. The normalized spacial score (nSPS) is 12.4. The van der Waals surface area contributed by atoms with Crippen LogP contribution in [0.1, 0.15) is 63.8 Å². The highest BCUT2D eigenvalue weighted by molar-refractivity contribution is 6.15. The van der Waals surface area contributed by atoms with Gasteiger partial charge in [-0.25, -0.2) is 4.98 Å². The van der Waals surface area contributed by atoms with Crippen LogP contribution in [0.3, 0.4) is 0 Å². The second-order valence-electron chi connectivity index (χ2n) is 16.7. The summed E-state index contributed by atoms with van der Waals surface area (Å²) in [5.74, 6) is 1.84. The molecule has 54 heavy (non-hydrogen) atoms. The lowest BCUT2D eigenvalue weighted by Gasteiger charge is -2.22. The maximum absolute atomic E-state index is 6.97. The van der Waals surface area contributed by atoms with Gasteiger partial charge in [0.15, 0.2) is 11.6 Å². The van der Waals surface area contributed by atoms with E-state index in [9.17, 15) is 0 Å². The van der Waals surface area contributed by atoms with Gasteiger partial charge in [-0.2, -0.15) is 9.97 Å². The van der Waals surface area contributed by atoms with Gasteiger partial charge in [-0.15, -0.1) is 0 Å². The Morgan fingerprint density at radius 3 is 1.61 bits per heavy atom. The van der Waals surface area contributed by atoms with Gasteiger partial charge in [0.05, 0.1) is 11.0 Å². The van der Waals surface area contributed by atoms with E-state index in [4.69, 9.17) is 19.4 Å². The van der Waals surface area contributed by atoms with Crippen LogP contribution in [0.15, 0.2) is 126 Å². The van der Waals surface area contributed by atoms with Gasteiger partial charge in [-0.05, 0) is 65.1 Å².